The van der Waals surface area contributed by atoms with Crippen LogP contribution < -0.4 is 4.72 Å². The molecule has 32 heavy (non-hydrogen) atoms. The molecule has 0 radical (unpaired) electrons. The number of benzene rings is 2. The number of rotatable bonds is 8. The zero-order valence-corrected chi connectivity index (χ0v) is 19.5. The molecule has 2 aromatic rings. The van der Waals surface area contributed by atoms with Gasteiger partial charge in [0.05, 0.1) is 23.0 Å². The molecule has 10 heteroatoms. The largest absolute Gasteiger partial charge is 0.379 e. The summed E-state index contributed by atoms with van der Waals surface area (Å²) in [6, 6.07) is 15.1. The summed E-state index contributed by atoms with van der Waals surface area (Å²) in [6.45, 7) is 3.90. The maximum Gasteiger partial charge on any atom is 0.243 e. The topological polar surface area (TPSA) is 96.0 Å². The van der Waals surface area contributed by atoms with E-state index in [-0.39, 0.29) is 22.4 Å². The third-order valence-electron chi connectivity index (χ3n) is 5.97. The quantitative estimate of drug-likeness (QED) is 0.621. The Morgan fingerprint density at radius 2 is 1.41 bits per heavy atom. The Hall–Kier alpha value is -1.82. The lowest BCUT2D eigenvalue weighted by atomic mass is 10.1. The van der Waals surface area contributed by atoms with Crippen molar-refractivity contribution < 1.29 is 21.6 Å². The van der Waals surface area contributed by atoms with Gasteiger partial charge < -0.3 is 4.74 Å². The lowest BCUT2D eigenvalue weighted by Crippen LogP contribution is -2.43. The van der Waals surface area contributed by atoms with Gasteiger partial charge in [-0.15, -0.1) is 0 Å². The van der Waals surface area contributed by atoms with Crippen LogP contribution in [0.25, 0.3) is 0 Å². The molecule has 1 atom stereocenters. The second kappa shape index (κ2) is 9.98. The molecule has 2 saturated heterocycles. The van der Waals surface area contributed by atoms with E-state index in [2.05, 4.69) is 9.62 Å². The highest BCUT2D eigenvalue weighted by Gasteiger charge is 2.28. The Morgan fingerprint density at radius 3 is 2.03 bits per heavy atom. The SMILES string of the molecule is O=S(=O)(NCC(c1ccccc1)N1CCOCC1)c1ccc(S(=O)(=O)N2CCCC2)cc1. The number of hydrogen-bond acceptors (Lipinski definition) is 6. The Labute approximate surface area is 190 Å². The van der Waals surface area contributed by atoms with E-state index in [0.29, 0.717) is 26.3 Å². The highest BCUT2D eigenvalue weighted by atomic mass is 32.2. The summed E-state index contributed by atoms with van der Waals surface area (Å²) in [5.41, 5.74) is 1.03. The van der Waals surface area contributed by atoms with Crippen molar-refractivity contribution in [1.29, 1.82) is 0 Å². The second-order valence-corrected chi connectivity index (χ2v) is 11.7. The highest BCUT2D eigenvalue weighted by Crippen LogP contribution is 2.24. The molecule has 0 spiro atoms. The molecule has 2 aliphatic heterocycles. The average molecular weight is 480 g/mol. The van der Waals surface area contributed by atoms with Crippen LogP contribution in [0.15, 0.2) is 64.4 Å². The molecule has 0 bridgehead atoms. The first kappa shape index (κ1) is 23.3. The second-order valence-electron chi connectivity index (χ2n) is 8.01. The summed E-state index contributed by atoms with van der Waals surface area (Å²) in [5, 5.41) is 0. The fourth-order valence-electron chi connectivity index (χ4n) is 4.16. The number of nitrogens with zero attached hydrogens (tertiary/aromatic N) is 2. The summed E-state index contributed by atoms with van der Waals surface area (Å²) in [7, 11) is -7.38. The maximum atomic E-state index is 13.0. The van der Waals surface area contributed by atoms with Crippen molar-refractivity contribution in [3.05, 3.63) is 60.2 Å². The van der Waals surface area contributed by atoms with Gasteiger partial charge in [-0.25, -0.2) is 21.6 Å². The van der Waals surface area contributed by atoms with Gasteiger partial charge in [-0.1, -0.05) is 30.3 Å². The minimum absolute atomic E-state index is 0.0478. The predicted octanol–water partition coefficient (Wildman–Crippen LogP) is 1.82. The Bertz CT molecular complexity index is 1090. The molecule has 2 fully saturated rings. The van der Waals surface area contributed by atoms with Gasteiger partial charge in [-0.3, -0.25) is 4.90 Å². The van der Waals surface area contributed by atoms with Gasteiger partial charge in [0.2, 0.25) is 20.0 Å². The Morgan fingerprint density at radius 1 is 0.812 bits per heavy atom. The molecular formula is C22H29N3O5S2. The van der Waals surface area contributed by atoms with Gasteiger partial charge in [-0.05, 0) is 42.7 Å². The van der Waals surface area contributed by atoms with Crippen LogP contribution >= 0.6 is 0 Å². The number of nitrogens with one attached hydrogen (secondary N) is 1. The van der Waals surface area contributed by atoms with Crippen LogP contribution in [0.3, 0.4) is 0 Å². The first-order valence-electron chi connectivity index (χ1n) is 10.8. The summed E-state index contributed by atoms with van der Waals surface area (Å²) in [5.74, 6) is 0. The van der Waals surface area contributed by atoms with Crippen LogP contribution in [0.5, 0.6) is 0 Å². The van der Waals surface area contributed by atoms with Crippen molar-refractivity contribution >= 4 is 20.0 Å². The molecular weight excluding hydrogens is 450 g/mol. The van der Waals surface area contributed by atoms with Crippen LogP contribution in [0.4, 0.5) is 0 Å². The van der Waals surface area contributed by atoms with Crippen LogP contribution in [0.1, 0.15) is 24.4 Å². The average Bonchev–Trinajstić information content (AvgIpc) is 3.37. The molecule has 4 rings (SSSR count). The fourth-order valence-corrected chi connectivity index (χ4v) is 6.72. The van der Waals surface area contributed by atoms with E-state index in [1.165, 1.54) is 28.6 Å². The summed E-state index contributed by atoms with van der Waals surface area (Å²) in [6.07, 6.45) is 1.70. The van der Waals surface area contributed by atoms with Gasteiger partial charge in [0.1, 0.15) is 0 Å². The molecule has 0 aliphatic carbocycles. The van der Waals surface area contributed by atoms with E-state index in [4.69, 9.17) is 4.74 Å². The first-order chi connectivity index (χ1) is 15.4. The monoisotopic (exact) mass is 479 g/mol. The van der Waals surface area contributed by atoms with Gasteiger partial charge in [-0.2, -0.15) is 4.31 Å². The first-order valence-corrected chi connectivity index (χ1v) is 13.8. The van der Waals surface area contributed by atoms with E-state index in [0.717, 1.165) is 31.5 Å². The third kappa shape index (κ3) is 5.22. The van der Waals surface area contributed by atoms with Crippen LogP contribution in [-0.2, 0) is 24.8 Å². The van der Waals surface area contributed by atoms with Gasteiger partial charge in [0.15, 0.2) is 0 Å². The smallest absolute Gasteiger partial charge is 0.243 e. The summed E-state index contributed by atoms with van der Waals surface area (Å²) < 4.78 is 60.9. The molecule has 0 aromatic heterocycles. The molecule has 2 heterocycles. The van der Waals surface area contributed by atoms with Crippen LogP contribution in [0, 0.1) is 0 Å². The minimum atomic E-state index is -3.80. The molecule has 2 aliphatic rings. The molecule has 0 saturated carbocycles. The number of sulfonamides is 2. The molecule has 174 valence electrons. The van der Waals surface area contributed by atoms with Gasteiger partial charge in [0.25, 0.3) is 0 Å². The highest BCUT2D eigenvalue weighted by molar-refractivity contribution is 7.89. The molecule has 8 nitrogen and oxygen atoms in total. The Kier molecular flexibility index (Phi) is 7.28. The predicted molar refractivity (Wildman–Crippen MR) is 121 cm³/mol. The molecule has 1 N–H and O–H groups in total. The zero-order valence-electron chi connectivity index (χ0n) is 17.9. The lowest BCUT2D eigenvalue weighted by Gasteiger charge is -2.34. The van der Waals surface area contributed by atoms with E-state index < -0.39 is 20.0 Å². The van der Waals surface area contributed by atoms with E-state index in [1.807, 2.05) is 30.3 Å². The number of hydrogen-bond donors (Lipinski definition) is 1. The standard InChI is InChI=1S/C22H29N3O5S2/c26-31(27,20-8-10-21(11-9-20)32(28,29)25-12-4-5-13-25)23-18-22(19-6-2-1-3-7-19)24-14-16-30-17-15-24/h1-3,6-11,22-23H,4-5,12-18H2. The van der Waals surface area contributed by atoms with Gasteiger partial charge in [0, 0.05) is 38.8 Å². The molecule has 0 amide bonds. The van der Waals surface area contributed by atoms with Crippen molar-refractivity contribution in [1.82, 2.24) is 13.9 Å². The van der Waals surface area contributed by atoms with Gasteiger partial charge >= 0.3 is 0 Å². The third-order valence-corrected chi connectivity index (χ3v) is 9.33. The Balaban J connectivity index is 1.49. The normalized spacial score (nSPS) is 19.8. The number of morpholine rings is 1. The van der Waals surface area contributed by atoms with Crippen molar-refractivity contribution in [2.45, 2.75) is 28.7 Å². The van der Waals surface area contributed by atoms with Crippen molar-refractivity contribution in [2.24, 2.45) is 0 Å². The minimum Gasteiger partial charge on any atom is -0.379 e. The summed E-state index contributed by atoms with van der Waals surface area (Å²) >= 11 is 0. The lowest BCUT2D eigenvalue weighted by molar-refractivity contribution is 0.0172. The van der Waals surface area contributed by atoms with E-state index in [9.17, 15) is 16.8 Å². The number of ether oxygens (including phenoxy) is 1. The van der Waals surface area contributed by atoms with E-state index >= 15 is 0 Å². The molecule has 1 unspecified atom stereocenters. The fraction of sp³-hybridized carbons (Fsp3) is 0.455. The molecule has 2 aromatic carbocycles. The van der Waals surface area contributed by atoms with Crippen molar-refractivity contribution in [2.75, 3.05) is 45.9 Å². The van der Waals surface area contributed by atoms with Crippen molar-refractivity contribution in [3.8, 4) is 0 Å². The van der Waals surface area contributed by atoms with Crippen LogP contribution in [0.2, 0.25) is 0 Å². The van der Waals surface area contributed by atoms with E-state index in [1.54, 1.807) is 0 Å². The zero-order chi connectivity index (χ0) is 22.6. The van der Waals surface area contributed by atoms with Crippen molar-refractivity contribution in [3.63, 3.8) is 0 Å². The maximum absolute atomic E-state index is 13.0. The van der Waals surface area contributed by atoms with Crippen LogP contribution in [-0.4, -0.2) is 72.0 Å². The summed E-state index contributed by atoms with van der Waals surface area (Å²) in [4.78, 5) is 2.38.